The first-order chi connectivity index (χ1) is 13.9. The molecule has 0 aliphatic carbocycles. The van der Waals surface area contributed by atoms with Gasteiger partial charge < -0.3 is 19.9 Å². The summed E-state index contributed by atoms with van der Waals surface area (Å²) >= 11 is 1.55. The normalized spacial score (nSPS) is 17.2. The second-order valence-corrected chi connectivity index (χ2v) is 7.67. The molecule has 10 heteroatoms. The van der Waals surface area contributed by atoms with Crippen LogP contribution in [0.4, 0.5) is 11.5 Å². The largest absolute Gasteiger partial charge is 0.356 e. The first-order valence-electron chi connectivity index (χ1n) is 8.94. The Hall–Kier alpha value is -3.24. The summed E-state index contributed by atoms with van der Waals surface area (Å²) in [6.45, 7) is 1.69. The van der Waals surface area contributed by atoms with E-state index >= 15 is 0 Å². The number of carbonyl (C=O) groups excluding carboxylic acids is 2. The van der Waals surface area contributed by atoms with Gasteiger partial charge in [-0.2, -0.15) is 0 Å². The lowest BCUT2D eigenvalue weighted by Crippen LogP contribution is -2.52. The van der Waals surface area contributed by atoms with Gasteiger partial charge in [0.05, 0.1) is 6.33 Å². The maximum Gasteiger partial charge on any atom is 0.277 e. The summed E-state index contributed by atoms with van der Waals surface area (Å²) in [6.07, 6.45) is 2.10. The predicted molar refractivity (Wildman–Crippen MR) is 110 cm³/mol. The molecule has 1 aliphatic heterocycles. The second kappa shape index (κ2) is 7.30. The molecule has 2 unspecified atom stereocenters. The van der Waals surface area contributed by atoms with Crippen LogP contribution in [0.5, 0.6) is 0 Å². The van der Waals surface area contributed by atoms with E-state index in [1.165, 1.54) is 27.7 Å². The first-order valence-corrected chi connectivity index (χ1v) is 9.82. The van der Waals surface area contributed by atoms with E-state index in [4.69, 9.17) is 0 Å². The third-order valence-electron chi connectivity index (χ3n) is 4.95. The maximum atomic E-state index is 12.8. The van der Waals surface area contributed by atoms with Gasteiger partial charge in [-0.1, -0.05) is 0 Å². The Labute approximate surface area is 171 Å². The van der Waals surface area contributed by atoms with Crippen molar-refractivity contribution in [2.24, 2.45) is 0 Å². The lowest BCUT2D eigenvalue weighted by atomic mass is 10.2. The predicted octanol–water partition coefficient (Wildman–Crippen LogP) is 2.00. The Bertz CT molecular complexity index is 1050. The van der Waals surface area contributed by atoms with Gasteiger partial charge in [-0.05, 0) is 31.2 Å². The number of fused-ring (bicyclic) bond motifs is 1. The highest BCUT2D eigenvalue weighted by molar-refractivity contribution is 7.13. The van der Waals surface area contributed by atoms with Crippen molar-refractivity contribution in [3.8, 4) is 10.6 Å². The molecule has 29 heavy (non-hydrogen) atoms. The number of hydrogen-bond donors (Lipinski definition) is 2. The van der Waals surface area contributed by atoms with Gasteiger partial charge in [0.15, 0.2) is 11.5 Å². The van der Waals surface area contributed by atoms with Crippen molar-refractivity contribution >= 4 is 34.7 Å². The molecule has 3 heterocycles. The standard InChI is InChI=1S/C19H20N6O3S/c1-11(25-10-21-15-14(25)18(27)24(3)19(28)23(15)2)16(26)22-13-6-4-12(5-7-13)17-20-8-9-29-17/h4-11,19,28H,1-3H3,(H,22,26). The van der Waals surface area contributed by atoms with Gasteiger partial charge in [0.25, 0.3) is 5.91 Å². The summed E-state index contributed by atoms with van der Waals surface area (Å²) < 4.78 is 1.52. The van der Waals surface area contributed by atoms with Crippen LogP contribution < -0.4 is 10.2 Å². The van der Waals surface area contributed by atoms with Gasteiger partial charge in [0.1, 0.15) is 11.0 Å². The van der Waals surface area contributed by atoms with E-state index in [1.807, 2.05) is 29.6 Å². The number of aliphatic hydroxyl groups is 1. The Morgan fingerprint density at radius 2 is 1.93 bits per heavy atom. The van der Waals surface area contributed by atoms with E-state index in [-0.39, 0.29) is 11.6 Å². The lowest BCUT2D eigenvalue weighted by Gasteiger charge is -2.36. The number of benzene rings is 1. The molecule has 2 aromatic heterocycles. The molecule has 1 aliphatic rings. The zero-order chi connectivity index (χ0) is 20.7. The average Bonchev–Trinajstić information content (AvgIpc) is 3.41. The fourth-order valence-corrected chi connectivity index (χ4v) is 3.83. The fourth-order valence-electron chi connectivity index (χ4n) is 3.19. The molecule has 0 bridgehead atoms. The highest BCUT2D eigenvalue weighted by Gasteiger charge is 2.37. The molecule has 2 atom stereocenters. The third kappa shape index (κ3) is 3.26. The van der Waals surface area contributed by atoms with E-state index < -0.39 is 18.3 Å². The van der Waals surface area contributed by atoms with Crippen LogP contribution in [0.15, 0.2) is 42.2 Å². The lowest BCUT2D eigenvalue weighted by molar-refractivity contribution is -0.118. The van der Waals surface area contributed by atoms with Crippen molar-refractivity contribution in [1.82, 2.24) is 19.4 Å². The minimum Gasteiger partial charge on any atom is -0.356 e. The Kier molecular flexibility index (Phi) is 4.81. The number of rotatable bonds is 4. The summed E-state index contributed by atoms with van der Waals surface area (Å²) in [5.74, 6) is -0.333. The van der Waals surface area contributed by atoms with Crippen LogP contribution in [-0.2, 0) is 4.79 Å². The second-order valence-electron chi connectivity index (χ2n) is 6.78. The molecule has 0 saturated heterocycles. The van der Waals surface area contributed by atoms with Gasteiger partial charge in [0, 0.05) is 36.9 Å². The smallest absolute Gasteiger partial charge is 0.277 e. The third-order valence-corrected chi connectivity index (χ3v) is 5.77. The Balaban J connectivity index is 1.54. The Morgan fingerprint density at radius 1 is 1.21 bits per heavy atom. The molecular weight excluding hydrogens is 392 g/mol. The number of hydrogen-bond acceptors (Lipinski definition) is 7. The summed E-state index contributed by atoms with van der Waals surface area (Å²) in [5, 5.41) is 15.8. The molecule has 2 N–H and O–H groups in total. The molecule has 0 fully saturated rings. The van der Waals surface area contributed by atoms with Crippen molar-refractivity contribution in [1.29, 1.82) is 0 Å². The molecular formula is C19H20N6O3S. The molecule has 2 amide bonds. The molecule has 4 rings (SSSR count). The van der Waals surface area contributed by atoms with Crippen LogP contribution in [0.1, 0.15) is 23.5 Å². The number of imidazole rings is 1. The molecule has 150 valence electrons. The summed E-state index contributed by atoms with van der Waals surface area (Å²) in [5.41, 5.74) is 1.89. The van der Waals surface area contributed by atoms with Crippen LogP contribution in [0.2, 0.25) is 0 Å². The van der Waals surface area contributed by atoms with Crippen LogP contribution in [0, 0.1) is 0 Å². The van der Waals surface area contributed by atoms with E-state index in [9.17, 15) is 14.7 Å². The number of amides is 2. The highest BCUT2D eigenvalue weighted by atomic mass is 32.1. The van der Waals surface area contributed by atoms with Crippen molar-refractivity contribution in [3.63, 3.8) is 0 Å². The SMILES string of the molecule is CC(C(=O)Nc1ccc(-c2nccs2)cc1)n1cnc2c1C(=O)N(C)C(O)N2C. The van der Waals surface area contributed by atoms with Crippen LogP contribution in [0.3, 0.4) is 0 Å². The monoisotopic (exact) mass is 412 g/mol. The fraction of sp³-hybridized carbons (Fsp3) is 0.263. The minimum atomic E-state index is -1.10. The summed E-state index contributed by atoms with van der Waals surface area (Å²) in [6, 6.07) is 6.74. The number of aliphatic hydroxyl groups excluding tert-OH is 1. The molecule has 3 aromatic rings. The molecule has 0 saturated carbocycles. The number of nitrogens with zero attached hydrogens (tertiary/aromatic N) is 5. The molecule has 9 nitrogen and oxygen atoms in total. The quantitative estimate of drug-likeness (QED) is 0.679. The minimum absolute atomic E-state index is 0.266. The molecule has 0 spiro atoms. The Morgan fingerprint density at radius 3 is 2.59 bits per heavy atom. The summed E-state index contributed by atoms with van der Waals surface area (Å²) in [7, 11) is 3.14. The number of nitrogens with one attached hydrogen (secondary N) is 1. The average molecular weight is 412 g/mol. The number of anilines is 2. The van der Waals surface area contributed by atoms with Gasteiger partial charge in [-0.25, -0.2) is 9.97 Å². The van der Waals surface area contributed by atoms with E-state index in [1.54, 1.807) is 31.5 Å². The summed E-state index contributed by atoms with van der Waals surface area (Å²) in [4.78, 5) is 36.6. The van der Waals surface area contributed by atoms with Crippen LogP contribution in [-0.4, -0.2) is 56.8 Å². The van der Waals surface area contributed by atoms with Crippen molar-refractivity contribution in [2.75, 3.05) is 24.3 Å². The zero-order valence-electron chi connectivity index (χ0n) is 16.1. The number of carbonyl (C=O) groups is 2. The van der Waals surface area contributed by atoms with Crippen molar-refractivity contribution in [3.05, 3.63) is 47.9 Å². The van der Waals surface area contributed by atoms with Gasteiger partial charge in [0.2, 0.25) is 12.3 Å². The van der Waals surface area contributed by atoms with Crippen LogP contribution in [0.25, 0.3) is 10.6 Å². The van der Waals surface area contributed by atoms with E-state index in [0.29, 0.717) is 11.5 Å². The molecule has 1 aromatic carbocycles. The maximum absolute atomic E-state index is 12.8. The number of aromatic nitrogens is 3. The van der Waals surface area contributed by atoms with Crippen LogP contribution >= 0.6 is 11.3 Å². The zero-order valence-corrected chi connectivity index (χ0v) is 16.9. The van der Waals surface area contributed by atoms with Gasteiger partial charge in [-0.15, -0.1) is 11.3 Å². The van der Waals surface area contributed by atoms with Gasteiger partial charge >= 0.3 is 0 Å². The van der Waals surface area contributed by atoms with Crippen molar-refractivity contribution in [2.45, 2.75) is 19.3 Å². The first kappa shape index (κ1) is 19.1. The van der Waals surface area contributed by atoms with Gasteiger partial charge in [-0.3, -0.25) is 14.5 Å². The van der Waals surface area contributed by atoms with E-state index in [0.717, 1.165) is 10.6 Å². The van der Waals surface area contributed by atoms with E-state index in [2.05, 4.69) is 15.3 Å². The molecule has 0 radical (unpaired) electrons. The number of thiazole rings is 1. The topological polar surface area (TPSA) is 104 Å². The van der Waals surface area contributed by atoms with Crippen molar-refractivity contribution < 1.29 is 14.7 Å². The highest BCUT2D eigenvalue weighted by Crippen LogP contribution is 2.29.